The zero-order chi connectivity index (χ0) is 13.2. The molecule has 0 N–H and O–H groups in total. The van der Waals surface area contributed by atoms with Crippen LogP contribution in [0.1, 0.15) is 18.7 Å². The van der Waals surface area contributed by atoms with Crippen LogP contribution < -0.4 is 4.74 Å². The van der Waals surface area contributed by atoms with E-state index in [0.29, 0.717) is 5.92 Å². The minimum Gasteiger partial charge on any atom is -0.481 e. The SMILES string of the molecule is COc1cccc2nc(CC3CCN(C)CC3)nn12. The second-order valence-electron chi connectivity index (χ2n) is 5.32. The van der Waals surface area contributed by atoms with Crippen LogP contribution in [0.2, 0.25) is 0 Å². The fraction of sp³-hybridized carbons (Fsp3) is 0.571. The molecular weight excluding hydrogens is 240 g/mol. The summed E-state index contributed by atoms with van der Waals surface area (Å²) in [6.07, 6.45) is 3.45. The number of likely N-dealkylation sites (tertiary alicyclic amines) is 1. The second kappa shape index (κ2) is 5.17. The van der Waals surface area contributed by atoms with Crippen LogP contribution in [0.15, 0.2) is 18.2 Å². The van der Waals surface area contributed by atoms with Crippen LogP contribution in [-0.2, 0) is 6.42 Å². The first-order chi connectivity index (χ1) is 9.26. The zero-order valence-electron chi connectivity index (χ0n) is 11.5. The molecule has 0 radical (unpaired) electrons. The van der Waals surface area contributed by atoms with Gasteiger partial charge in [-0.05, 0) is 45.0 Å². The van der Waals surface area contributed by atoms with Gasteiger partial charge in [0, 0.05) is 12.5 Å². The summed E-state index contributed by atoms with van der Waals surface area (Å²) in [6, 6.07) is 5.82. The Kier molecular flexibility index (Phi) is 3.38. The van der Waals surface area contributed by atoms with Gasteiger partial charge in [0.25, 0.3) is 0 Å². The van der Waals surface area contributed by atoms with Crippen molar-refractivity contribution in [3.63, 3.8) is 0 Å². The van der Waals surface area contributed by atoms with Gasteiger partial charge >= 0.3 is 0 Å². The molecule has 3 heterocycles. The maximum absolute atomic E-state index is 5.30. The van der Waals surface area contributed by atoms with Crippen molar-refractivity contribution in [1.29, 1.82) is 0 Å². The Balaban J connectivity index is 1.78. The predicted octanol–water partition coefficient (Wildman–Crippen LogP) is 1.62. The molecule has 0 saturated carbocycles. The topological polar surface area (TPSA) is 42.7 Å². The van der Waals surface area contributed by atoms with E-state index in [1.165, 1.54) is 25.9 Å². The van der Waals surface area contributed by atoms with Crippen molar-refractivity contribution in [2.45, 2.75) is 19.3 Å². The molecule has 0 amide bonds. The van der Waals surface area contributed by atoms with Gasteiger partial charge in [-0.1, -0.05) is 6.07 Å². The van der Waals surface area contributed by atoms with Gasteiger partial charge in [-0.3, -0.25) is 0 Å². The number of methoxy groups -OCH3 is 1. The summed E-state index contributed by atoms with van der Waals surface area (Å²) >= 11 is 0. The number of piperidine rings is 1. The molecule has 0 aliphatic carbocycles. The van der Waals surface area contributed by atoms with Crippen LogP contribution in [0, 0.1) is 5.92 Å². The lowest BCUT2D eigenvalue weighted by Crippen LogP contribution is -2.31. The van der Waals surface area contributed by atoms with Gasteiger partial charge in [0.1, 0.15) is 0 Å². The summed E-state index contributed by atoms with van der Waals surface area (Å²) in [7, 11) is 3.84. The Morgan fingerprint density at radius 1 is 1.32 bits per heavy atom. The fourth-order valence-electron chi connectivity index (χ4n) is 2.69. The van der Waals surface area contributed by atoms with E-state index in [-0.39, 0.29) is 0 Å². The molecule has 102 valence electrons. The highest BCUT2D eigenvalue weighted by atomic mass is 16.5. The van der Waals surface area contributed by atoms with E-state index >= 15 is 0 Å². The van der Waals surface area contributed by atoms with Crippen molar-refractivity contribution < 1.29 is 4.74 Å². The standard InChI is InChI=1S/C14H20N4O/c1-17-8-6-11(7-9-17)10-12-15-13-4-3-5-14(19-2)18(13)16-12/h3-5,11H,6-10H2,1-2H3. The molecule has 2 aromatic rings. The van der Waals surface area contributed by atoms with E-state index in [2.05, 4.69) is 22.0 Å². The van der Waals surface area contributed by atoms with Gasteiger partial charge in [0.15, 0.2) is 11.5 Å². The molecule has 3 rings (SSSR count). The molecule has 0 atom stereocenters. The van der Waals surface area contributed by atoms with Crippen molar-refractivity contribution in [3.8, 4) is 5.88 Å². The van der Waals surface area contributed by atoms with E-state index in [9.17, 15) is 0 Å². The number of pyridine rings is 1. The zero-order valence-corrected chi connectivity index (χ0v) is 11.5. The Hall–Kier alpha value is -1.62. The van der Waals surface area contributed by atoms with E-state index in [4.69, 9.17) is 4.74 Å². The third-order valence-corrected chi connectivity index (χ3v) is 3.89. The number of aromatic nitrogens is 3. The minimum absolute atomic E-state index is 0.708. The molecule has 0 bridgehead atoms. The summed E-state index contributed by atoms with van der Waals surface area (Å²) in [5.41, 5.74) is 0.863. The van der Waals surface area contributed by atoms with Gasteiger partial charge < -0.3 is 9.64 Å². The number of nitrogens with zero attached hydrogens (tertiary/aromatic N) is 4. The molecule has 1 fully saturated rings. The smallest absolute Gasteiger partial charge is 0.216 e. The lowest BCUT2D eigenvalue weighted by atomic mass is 9.94. The number of hydrogen-bond acceptors (Lipinski definition) is 4. The van der Waals surface area contributed by atoms with E-state index in [1.54, 1.807) is 11.6 Å². The van der Waals surface area contributed by atoms with E-state index < -0.39 is 0 Å². The molecule has 0 unspecified atom stereocenters. The lowest BCUT2D eigenvalue weighted by molar-refractivity contribution is 0.217. The molecule has 2 aromatic heterocycles. The van der Waals surface area contributed by atoms with Gasteiger partial charge in [0.2, 0.25) is 5.88 Å². The van der Waals surface area contributed by atoms with Crippen molar-refractivity contribution in [2.24, 2.45) is 5.92 Å². The highest BCUT2D eigenvalue weighted by Crippen LogP contribution is 2.20. The maximum Gasteiger partial charge on any atom is 0.216 e. The van der Waals surface area contributed by atoms with Crippen LogP contribution in [0.4, 0.5) is 0 Å². The van der Waals surface area contributed by atoms with Gasteiger partial charge in [-0.2, -0.15) is 4.52 Å². The van der Waals surface area contributed by atoms with Gasteiger partial charge in [-0.15, -0.1) is 5.10 Å². The van der Waals surface area contributed by atoms with Crippen LogP contribution in [0.25, 0.3) is 5.65 Å². The highest BCUT2D eigenvalue weighted by Gasteiger charge is 2.19. The third-order valence-electron chi connectivity index (χ3n) is 3.89. The molecule has 5 heteroatoms. The molecule has 1 aliphatic rings. The van der Waals surface area contributed by atoms with Crippen molar-refractivity contribution in [1.82, 2.24) is 19.5 Å². The van der Waals surface area contributed by atoms with Crippen LogP contribution in [0.5, 0.6) is 5.88 Å². The summed E-state index contributed by atoms with van der Waals surface area (Å²) in [5, 5.41) is 4.56. The fourth-order valence-corrected chi connectivity index (χ4v) is 2.69. The largest absolute Gasteiger partial charge is 0.481 e. The minimum atomic E-state index is 0.708. The monoisotopic (exact) mass is 260 g/mol. The van der Waals surface area contributed by atoms with E-state index in [1.807, 2.05) is 18.2 Å². The Morgan fingerprint density at radius 2 is 2.11 bits per heavy atom. The molecule has 1 saturated heterocycles. The summed E-state index contributed by atoms with van der Waals surface area (Å²) in [4.78, 5) is 6.98. The molecule has 1 aliphatic heterocycles. The summed E-state index contributed by atoms with van der Waals surface area (Å²) < 4.78 is 7.08. The molecule has 0 spiro atoms. The summed E-state index contributed by atoms with van der Waals surface area (Å²) in [6.45, 7) is 2.36. The molecule has 19 heavy (non-hydrogen) atoms. The van der Waals surface area contributed by atoms with Crippen molar-refractivity contribution in [3.05, 3.63) is 24.0 Å². The highest BCUT2D eigenvalue weighted by molar-refractivity contribution is 5.40. The first-order valence-corrected chi connectivity index (χ1v) is 6.83. The van der Waals surface area contributed by atoms with Crippen LogP contribution in [-0.4, -0.2) is 46.7 Å². The number of fused-ring (bicyclic) bond motifs is 1. The van der Waals surface area contributed by atoms with E-state index in [0.717, 1.165) is 23.8 Å². The molecule has 0 aromatic carbocycles. The Labute approximate surface area is 113 Å². The number of rotatable bonds is 3. The van der Waals surface area contributed by atoms with Gasteiger partial charge in [0.05, 0.1) is 7.11 Å². The normalized spacial score (nSPS) is 18.0. The first kappa shape index (κ1) is 12.4. The first-order valence-electron chi connectivity index (χ1n) is 6.83. The maximum atomic E-state index is 5.30. The Morgan fingerprint density at radius 3 is 2.84 bits per heavy atom. The van der Waals surface area contributed by atoms with Gasteiger partial charge in [-0.25, -0.2) is 4.98 Å². The van der Waals surface area contributed by atoms with Crippen LogP contribution in [0.3, 0.4) is 0 Å². The number of ether oxygens (including phenoxy) is 1. The number of hydrogen-bond donors (Lipinski definition) is 0. The Bertz CT molecular complexity index is 558. The third kappa shape index (κ3) is 2.56. The lowest BCUT2D eigenvalue weighted by Gasteiger charge is -2.28. The second-order valence-corrected chi connectivity index (χ2v) is 5.32. The quantitative estimate of drug-likeness (QED) is 0.841. The predicted molar refractivity (Wildman–Crippen MR) is 73.5 cm³/mol. The molecular formula is C14H20N4O. The molecule has 5 nitrogen and oxygen atoms in total. The average molecular weight is 260 g/mol. The van der Waals surface area contributed by atoms with Crippen molar-refractivity contribution >= 4 is 5.65 Å². The van der Waals surface area contributed by atoms with Crippen LogP contribution >= 0.6 is 0 Å². The summed E-state index contributed by atoms with van der Waals surface area (Å²) in [5.74, 6) is 2.37. The van der Waals surface area contributed by atoms with Crippen molar-refractivity contribution in [2.75, 3.05) is 27.2 Å². The average Bonchev–Trinajstić information content (AvgIpc) is 2.83.